The van der Waals surface area contributed by atoms with Gasteiger partial charge in [-0.1, -0.05) is 17.7 Å². The van der Waals surface area contributed by atoms with E-state index in [-0.39, 0.29) is 0 Å². The maximum absolute atomic E-state index is 4.68. The van der Waals surface area contributed by atoms with Gasteiger partial charge in [-0.05, 0) is 38.4 Å². The summed E-state index contributed by atoms with van der Waals surface area (Å²) in [5.41, 5.74) is 3.59. The summed E-state index contributed by atoms with van der Waals surface area (Å²) in [6.07, 6.45) is 1.13. The van der Waals surface area contributed by atoms with Crippen LogP contribution in [0.5, 0.6) is 0 Å². The van der Waals surface area contributed by atoms with Crippen LogP contribution in [0.4, 0.5) is 5.95 Å². The number of nitrogens with zero attached hydrogens (tertiary/aromatic N) is 3. The van der Waals surface area contributed by atoms with E-state index in [1.54, 1.807) is 0 Å². The third kappa shape index (κ3) is 2.67. The molecule has 0 saturated carbocycles. The van der Waals surface area contributed by atoms with Crippen LogP contribution in [0.15, 0.2) is 18.2 Å². The van der Waals surface area contributed by atoms with Gasteiger partial charge in [0.25, 0.3) is 0 Å². The Morgan fingerprint density at radius 3 is 2.95 bits per heavy atom. The quantitative estimate of drug-likeness (QED) is 0.876. The Balaban J connectivity index is 1.87. The molecule has 1 aromatic heterocycles. The standard InChI is InChI=1S/C15H21N5/c1-11-4-5-12(2)13(10-11)14-17-15(19-18-14)20-8-3-6-16-7-9-20/h4-5,10,16H,3,6-9H2,1-2H3,(H,17,18,19). The van der Waals surface area contributed by atoms with Gasteiger partial charge in [-0.15, -0.1) is 5.10 Å². The summed E-state index contributed by atoms with van der Waals surface area (Å²) in [6.45, 7) is 8.24. The first-order chi connectivity index (χ1) is 9.74. The van der Waals surface area contributed by atoms with Gasteiger partial charge in [0.1, 0.15) is 0 Å². The topological polar surface area (TPSA) is 56.8 Å². The molecule has 2 aromatic rings. The number of H-pyrrole nitrogens is 1. The van der Waals surface area contributed by atoms with Crippen molar-refractivity contribution >= 4 is 5.95 Å². The summed E-state index contributed by atoms with van der Waals surface area (Å²) in [7, 11) is 0. The van der Waals surface area contributed by atoms with E-state index in [1.807, 2.05) is 0 Å². The highest BCUT2D eigenvalue weighted by Gasteiger charge is 2.15. The molecular weight excluding hydrogens is 250 g/mol. The molecular formula is C15H21N5. The molecule has 0 atom stereocenters. The van der Waals surface area contributed by atoms with Crippen molar-refractivity contribution in [1.82, 2.24) is 20.5 Å². The van der Waals surface area contributed by atoms with Gasteiger partial charge in [-0.3, -0.25) is 5.10 Å². The van der Waals surface area contributed by atoms with Crippen LogP contribution in [-0.4, -0.2) is 41.4 Å². The van der Waals surface area contributed by atoms with Crippen molar-refractivity contribution in [3.05, 3.63) is 29.3 Å². The van der Waals surface area contributed by atoms with E-state index in [4.69, 9.17) is 0 Å². The molecule has 0 bridgehead atoms. The summed E-state index contributed by atoms with van der Waals surface area (Å²) in [6, 6.07) is 6.41. The van der Waals surface area contributed by atoms with E-state index in [1.165, 1.54) is 11.1 Å². The Kier molecular flexibility index (Phi) is 3.69. The average molecular weight is 271 g/mol. The Morgan fingerprint density at radius 1 is 1.15 bits per heavy atom. The summed E-state index contributed by atoms with van der Waals surface area (Å²) < 4.78 is 0. The number of anilines is 1. The number of aromatic nitrogens is 3. The van der Waals surface area contributed by atoms with Gasteiger partial charge in [0.15, 0.2) is 5.82 Å². The van der Waals surface area contributed by atoms with Gasteiger partial charge < -0.3 is 10.2 Å². The van der Waals surface area contributed by atoms with Crippen LogP contribution in [0.3, 0.4) is 0 Å². The Hall–Kier alpha value is -1.88. The molecule has 5 nitrogen and oxygen atoms in total. The highest BCUT2D eigenvalue weighted by molar-refractivity contribution is 5.62. The second-order valence-corrected chi connectivity index (χ2v) is 5.39. The minimum Gasteiger partial charge on any atom is -0.338 e. The molecule has 1 saturated heterocycles. The Morgan fingerprint density at radius 2 is 2.05 bits per heavy atom. The molecule has 1 aliphatic heterocycles. The maximum Gasteiger partial charge on any atom is 0.245 e. The normalized spacial score (nSPS) is 16.2. The molecule has 0 radical (unpaired) electrons. The number of benzene rings is 1. The largest absolute Gasteiger partial charge is 0.338 e. The van der Waals surface area contributed by atoms with Crippen molar-refractivity contribution in [2.75, 3.05) is 31.1 Å². The minimum absolute atomic E-state index is 0.810. The van der Waals surface area contributed by atoms with Crippen molar-refractivity contribution in [1.29, 1.82) is 0 Å². The van der Waals surface area contributed by atoms with Gasteiger partial charge in [0.05, 0.1) is 0 Å². The monoisotopic (exact) mass is 271 g/mol. The fourth-order valence-electron chi connectivity index (χ4n) is 2.55. The molecule has 0 spiro atoms. The van der Waals surface area contributed by atoms with Crippen molar-refractivity contribution in [2.24, 2.45) is 0 Å². The molecule has 5 heteroatoms. The molecule has 0 unspecified atom stereocenters. The summed E-state index contributed by atoms with van der Waals surface area (Å²) in [4.78, 5) is 6.92. The van der Waals surface area contributed by atoms with Crippen molar-refractivity contribution in [2.45, 2.75) is 20.3 Å². The molecule has 1 fully saturated rings. The summed E-state index contributed by atoms with van der Waals surface area (Å²) >= 11 is 0. The lowest BCUT2D eigenvalue weighted by molar-refractivity contribution is 0.724. The van der Waals surface area contributed by atoms with Crippen LogP contribution in [0.2, 0.25) is 0 Å². The smallest absolute Gasteiger partial charge is 0.245 e. The van der Waals surface area contributed by atoms with Gasteiger partial charge in [0, 0.05) is 25.2 Å². The molecule has 106 valence electrons. The first-order valence-corrected chi connectivity index (χ1v) is 7.20. The van der Waals surface area contributed by atoms with Gasteiger partial charge in [0.2, 0.25) is 5.95 Å². The van der Waals surface area contributed by atoms with Crippen LogP contribution in [0.1, 0.15) is 17.5 Å². The van der Waals surface area contributed by atoms with E-state index in [9.17, 15) is 0 Å². The third-order valence-electron chi connectivity index (χ3n) is 3.74. The maximum atomic E-state index is 4.68. The fraction of sp³-hybridized carbons (Fsp3) is 0.467. The first-order valence-electron chi connectivity index (χ1n) is 7.20. The van der Waals surface area contributed by atoms with E-state index in [0.29, 0.717) is 0 Å². The zero-order valence-corrected chi connectivity index (χ0v) is 12.1. The van der Waals surface area contributed by atoms with Crippen LogP contribution in [0, 0.1) is 13.8 Å². The third-order valence-corrected chi connectivity index (χ3v) is 3.74. The number of nitrogens with one attached hydrogen (secondary N) is 2. The lowest BCUT2D eigenvalue weighted by atomic mass is 10.1. The second kappa shape index (κ2) is 5.63. The minimum atomic E-state index is 0.810. The summed E-state index contributed by atoms with van der Waals surface area (Å²) in [5, 5.41) is 10.9. The second-order valence-electron chi connectivity index (χ2n) is 5.39. The van der Waals surface area contributed by atoms with Gasteiger partial charge in [-0.2, -0.15) is 4.98 Å². The molecule has 1 aromatic carbocycles. The van der Waals surface area contributed by atoms with Gasteiger partial charge in [-0.25, -0.2) is 0 Å². The number of aromatic amines is 1. The molecule has 0 amide bonds. The van der Waals surface area contributed by atoms with E-state index in [0.717, 1.165) is 49.9 Å². The average Bonchev–Trinajstić information content (AvgIpc) is 2.77. The predicted octanol–water partition coefficient (Wildman–Crippen LogP) is 1.89. The highest BCUT2D eigenvalue weighted by Crippen LogP contribution is 2.22. The van der Waals surface area contributed by atoms with Crippen LogP contribution in [0.25, 0.3) is 11.4 Å². The highest BCUT2D eigenvalue weighted by atomic mass is 15.4. The lowest BCUT2D eigenvalue weighted by Gasteiger charge is -2.16. The summed E-state index contributed by atoms with van der Waals surface area (Å²) in [5.74, 6) is 1.67. The fourth-order valence-corrected chi connectivity index (χ4v) is 2.55. The zero-order chi connectivity index (χ0) is 13.9. The lowest BCUT2D eigenvalue weighted by Crippen LogP contribution is -2.28. The number of rotatable bonds is 2. The zero-order valence-electron chi connectivity index (χ0n) is 12.1. The number of aryl methyl sites for hydroxylation is 2. The molecule has 20 heavy (non-hydrogen) atoms. The Bertz CT molecular complexity index is 582. The first kappa shape index (κ1) is 13.1. The van der Waals surface area contributed by atoms with E-state index < -0.39 is 0 Å². The van der Waals surface area contributed by atoms with Crippen LogP contribution < -0.4 is 10.2 Å². The van der Waals surface area contributed by atoms with Crippen molar-refractivity contribution in [3.63, 3.8) is 0 Å². The Labute approximate surface area is 119 Å². The van der Waals surface area contributed by atoms with Crippen molar-refractivity contribution in [3.8, 4) is 11.4 Å². The SMILES string of the molecule is Cc1ccc(C)c(-c2nc(N3CCCNCC3)n[nH]2)c1. The molecule has 0 aliphatic carbocycles. The predicted molar refractivity (Wildman–Crippen MR) is 81.0 cm³/mol. The number of hydrogen-bond donors (Lipinski definition) is 2. The van der Waals surface area contributed by atoms with Crippen LogP contribution >= 0.6 is 0 Å². The number of hydrogen-bond acceptors (Lipinski definition) is 4. The van der Waals surface area contributed by atoms with E-state index >= 15 is 0 Å². The molecule has 3 rings (SSSR count). The van der Waals surface area contributed by atoms with Crippen molar-refractivity contribution < 1.29 is 0 Å². The van der Waals surface area contributed by atoms with Crippen LogP contribution in [-0.2, 0) is 0 Å². The molecule has 1 aliphatic rings. The van der Waals surface area contributed by atoms with Gasteiger partial charge >= 0.3 is 0 Å². The van der Waals surface area contributed by atoms with E-state index in [2.05, 4.69) is 57.4 Å². The molecule has 2 N–H and O–H groups in total. The molecule has 2 heterocycles.